The van der Waals surface area contributed by atoms with Crippen molar-refractivity contribution in [3.05, 3.63) is 102 Å². The molecule has 1 aliphatic rings. The largest absolute Gasteiger partial charge is 0.428 e. The van der Waals surface area contributed by atoms with E-state index in [1.807, 2.05) is 77.5 Å². The van der Waals surface area contributed by atoms with E-state index in [2.05, 4.69) is 18.8 Å². The summed E-state index contributed by atoms with van der Waals surface area (Å²) in [6.45, 7) is 4.69. The van der Waals surface area contributed by atoms with Crippen LogP contribution in [0.5, 0.6) is 0 Å². The molecule has 2 aromatic carbocycles. The SMILES string of the molecule is CC(C)c1nccn1CC1=CC(c2ccccc2)(c2ccccc2)C(=O)O1. The van der Waals surface area contributed by atoms with E-state index >= 15 is 0 Å². The molecule has 3 aromatic rings. The number of benzene rings is 2. The van der Waals surface area contributed by atoms with E-state index in [-0.39, 0.29) is 5.97 Å². The molecular weight excluding hydrogens is 336 g/mol. The number of hydrogen-bond acceptors (Lipinski definition) is 3. The van der Waals surface area contributed by atoms with Crippen LogP contribution in [0.2, 0.25) is 0 Å². The average molecular weight is 358 g/mol. The number of allylic oxidation sites excluding steroid dienone is 1. The maximum absolute atomic E-state index is 13.2. The van der Waals surface area contributed by atoms with E-state index in [1.54, 1.807) is 6.20 Å². The molecule has 0 bridgehead atoms. The average Bonchev–Trinajstić information content (AvgIpc) is 3.28. The summed E-state index contributed by atoms with van der Waals surface area (Å²) < 4.78 is 7.81. The number of carbonyl (C=O) groups is 1. The van der Waals surface area contributed by atoms with Gasteiger partial charge < -0.3 is 9.30 Å². The van der Waals surface area contributed by atoms with Crippen LogP contribution >= 0.6 is 0 Å². The number of cyclic esters (lactones) is 1. The van der Waals surface area contributed by atoms with Crippen LogP contribution in [-0.2, 0) is 21.5 Å². The van der Waals surface area contributed by atoms with Gasteiger partial charge >= 0.3 is 5.97 Å². The summed E-state index contributed by atoms with van der Waals surface area (Å²) in [7, 11) is 0. The van der Waals surface area contributed by atoms with Gasteiger partial charge in [0.1, 0.15) is 17.0 Å². The number of aromatic nitrogens is 2. The topological polar surface area (TPSA) is 44.1 Å². The lowest BCUT2D eigenvalue weighted by molar-refractivity contribution is -0.140. The monoisotopic (exact) mass is 358 g/mol. The number of ether oxygens (including phenoxy) is 1. The molecule has 0 amide bonds. The number of imidazole rings is 1. The zero-order chi connectivity index (χ0) is 18.9. The normalized spacial score (nSPS) is 15.7. The van der Waals surface area contributed by atoms with Crippen LogP contribution in [0.3, 0.4) is 0 Å². The highest BCUT2D eigenvalue weighted by molar-refractivity contribution is 5.93. The molecule has 0 fully saturated rings. The fraction of sp³-hybridized carbons (Fsp3) is 0.217. The molecule has 2 heterocycles. The third-order valence-electron chi connectivity index (χ3n) is 4.97. The Morgan fingerprint density at radius 3 is 2.15 bits per heavy atom. The number of nitrogens with zero attached hydrogens (tertiary/aromatic N) is 2. The first-order valence-electron chi connectivity index (χ1n) is 9.17. The van der Waals surface area contributed by atoms with Crippen molar-refractivity contribution in [2.75, 3.05) is 0 Å². The van der Waals surface area contributed by atoms with Gasteiger partial charge in [-0.2, -0.15) is 0 Å². The Morgan fingerprint density at radius 1 is 1.00 bits per heavy atom. The summed E-state index contributed by atoms with van der Waals surface area (Å²) >= 11 is 0. The smallest absolute Gasteiger partial charge is 0.330 e. The molecule has 4 heteroatoms. The van der Waals surface area contributed by atoms with Gasteiger partial charge in [-0.05, 0) is 17.2 Å². The van der Waals surface area contributed by atoms with Crippen LogP contribution < -0.4 is 0 Å². The Hall–Kier alpha value is -3.14. The van der Waals surface area contributed by atoms with Crippen molar-refractivity contribution in [1.82, 2.24) is 9.55 Å². The predicted octanol–water partition coefficient (Wildman–Crippen LogP) is 4.43. The second-order valence-electron chi connectivity index (χ2n) is 7.11. The minimum atomic E-state index is -0.920. The van der Waals surface area contributed by atoms with E-state index in [9.17, 15) is 4.79 Å². The van der Waals surface area contributed by atoms with Crippen LogP contribution in [0.4, 0.5) is 0 Å². The van der Waals surface area contributed by atoms with Crippen LogP contribution in [0, 0.1) is 0 Å². The van der Waals surface area contributed by atoms with Crippen molar-refractivity contribution in [1.29, 1.82) is 0 Å². The maximum atomic E-state index is 13.2. The van der Waals surface area contributed by atoms with Crippen LogP contribution in [-0.4, -0.2) is 15.5 Å². The first kappa shape index (κ1) is 17.3. The zero-order valence-corrected chi connectivity index (χ0v) is 15.5. The van der Waals surface area contributed by atoms with Gasteiger partial charge in [0.15, 0.2) is 0 Å². The van der Waals surface area contributed by atoms with E-state index in [4.69, 9.17) is 4.74 Å². The molecule has 0 spiro atoms. The summed E-state index contributed by atoms with van der Waals surface area (Å²) in [5.41, 5.74) is 0.896. The molecule has 1 aliphatic heterocycles. The van der Waals surface area contributed by atoms with E-state index in [1.165, 1.54) is 0 Å². The van der Waals surface area contributed by atoms with Gasteiger partial charge in [0, 0.05) is 18.3 Å². The summed E-state index contributed by atoms with van der Waals surface area (Å²) in [4.78, 5) is 17.6. The van der Waals surface area contributed by atoms with Crippen molar-refractivity contribution >= 4 is 5.97 Å². The number of rotatable bonds is 5. The summed E-state index contributed by atoms with van der Waals surface area (Å²) in [6, 6.07) is 19.6. The van der Waals surface area contributed by atoms with Crippen molar-refractivity contribution in [3.8, 4) is 0 Å². The highest BCUT2D eigenvalue weighted by Crippen LogP contribution is 2.41. The molecule has 0 N–H and O–H groups in total. The molecule has 27 heavy (non-hydrogen) atoms. The molecule has 4 rings (SSSR count). The number of esters is 1. The van der Waals surface area contributed by atoms with Gasteiger partial charge in [0.25, 0.3) is 0 Å². The first-order chi connectivity index (χ1) is 13.1. The van der Waals surface area contributed by atoms with Crippen LogP contribution in [0.25, 0.3) is 0 Å². The van der Waals surface area contributed by atoms with Gasteiger partial charge in [0.2, 0.25) is 0 Å². The Balaban J connectivity index is 1.80. The lowest BCUT2D eigenvalue weighted by Crippen LogP contribution is -2.32. The summed E-state index contributed by atoms with van der Waals surface area (Å²) in [5.74, 6) is 1.66. The lowest BCUT2D eigenvalue weighted by Gasteiger charge is -2.24. The minimum Gasteiger partial charge on any atom is -0.428 e. The van der Waals surface area contributed by atoms with E-state index < -0.39 is 5.41 Å². The van der Waals surface area contributed by atoms with Gasteiger partial charge in [-0.1, -0.05) is 74.5 Å². The van der Waals surface area contributed by atoms with Crippen molar-refractivity contribution in [2.45, 2.75) is 31.7 Å². The first-order valence-corrected chi connectivity index (χ1v) is 9.17. The van der Waals surface area contributed by atoms with Crippen molar-refractivity contribution < 1.29 is 9.53 Å². The minimum absolute atomic E-state index is 0.263. The van der Waals surface area contributed by atoms with Gasteiger partial charge in [-0.3, -0.25) is 0 Å². The molecule has 0 aliphatic carbocycles. The molecule has 0 radical (unpaired) electrons. The standard InChI is InChI=1S/C23H22N2O2/c1-17(2)21-24-13-14-25(21)16-20-15-23(22(26)27-20,18-9-5-3-6-10-18)19-11-7-4-8-12-19/h3-15,17H,16H2,1-2H3. The molecule has 0 atom stereocenters. The molecule has 136 valence electrons. The van der Waals surface area contributed by atoms with Gasteiger partial charge in [-0.15, -0.1) is 0 Å². The van der Waals surface area contributed by atoms with Crippen LogP contribution in [0.1, 0.15) is 36.7 Å². The van der Waals surface area contributed by atoms with Crippen molar-refractivity contribution in [2.24, 2.45) is 0 Å². The fourth-order valence-corrected chi connectivity index (χ4v) is 3.70. The zero-order valence-electron chi connectivity index (χ0n) is 15.5. The highest BCUT2D eigenvalue weighted by Gasteiger charge is 2.47. The second-order valence-corrected chi connectivity index (χ2v) is 7.11. The Morgan fingerprint density at radius 2 is 1.59 bits per heavy atom. The molecule has 0 saturated carbocycles. The molecule has 1 aromatic heterocycles. The summed E-state index contributed by atoms with van der Waals surface area (Å²) in [6.07, 6.45) is 5.67. The maximum Gasteiger partial charge on any atom is 0.330 e. The van der Waals surface area contributed by atoms with Gasteiger partial charge in [0.05, 0.1) is 6.54 Å². The molecular formula is C23H22N2O2. The lowest BCUT2D eigenvalue weighted by atomic mass is 9.75. The Labute approximate surface area is 159 Å². The van der Waals surface area contributed by atoms with E-state index in [0.717, 1.165) is 17.0 Å². The van der Waals surface area contributed by atoms with E-state index in [0.29, 0.717) is 18.2 Å². The van der Waals surface area contributed by atoms with Gasteiger partial charge in [-0.25, -0.2) is 9.78 Å². The second kappa shape index (κ2) is 6.88. The Bertz CT molecular complexity index is 932. The highest BCUT2D eigenvalue weighted by atomic mass is 16.5. The summed E-state index contributed by atoms with van der Waals surface area (Å²) in [5, 5.41) is 0. The predicted molar refractivity (Wildman–Crippen MR) is 104 cm³/mol. The van der Waals surface area contributed by atoms with Crippen LogP contribution in [0.15, 0.2) is 84.9 Å². The number of carbonyl (C=O) groups excluding carboxylic acids is 1. The third-order valence-corrected chi connectivity index (χ3v) is 4.97. The number of hydrogen-bond donors (Lipinski definition) is 0. The molecule has 4 nitrogen and oxygen atoms in total. The molecule has 0 saturated heterocycles. The molecule has 0 unspecified atom stereocenters. The fourth-order valence-electron chi connectivity index (χ4n) is 3.70. The van der Waals surface area contributed by atoms with Crippen molar-refractivity contribution in [3.63, 3.8) is 0 Å². The third kappa shape index (κ3) is 2.97. The Kier molecular flexibility index (Phi) is 4.40. The quantitative estimate of drug-likeness (QED) is 0.634.